The van der Waals surface area contributed by atoms with Crippen molar-refractivity contribution < 1.29 is 63.1 Å². The second kappa shape index (κ2) is 28.1. The number of methoxy groups -OCH3 is 1. The van der Waals surface area contributed by atoms with E-state index in [1.54, 1.807) is 70.9 Å². The van der Waals surface area contributed by atoms with E-state index in [2.05, 4.69) is 21.3 Å². The Hall–Kier alpha value is -8.17. The second-order valence-corrected chi connectivity index (χ2v) is 26.9. The lowest BCUT2D eigenvalue weighted by atomic mass is 9.82. The first-order valence-electron chi connectivity index (χ1n) is 27.8. The van der Waals surface area contributed by atoms with Gasteiger partial charge in [0.05, 0.1) is 47.1 Å². The van der Waals surface area contributed by atoms with E-state index in [9.17, 15) is 53.7 Å². The highest BCUT2D eigenvalue weighted by Crippen LogP contribution is 2.41. The van der Waals surface area contributed by atoms with Crippen LogP contribution in [0.2, 0.25) is 0 Å². The van der Waals surface area contributed by atoms with Gasteiger partial charge in [0.2, 0.25) is 11.8 Å². The minimum absolute atomic E-state index is 0.00675. The maximum Gasteiger partial charge on any atom is 0.415 e. The number of carboxylic acids is 2. The Bertz CT molecular complexity index is 3960. The zero-order valence-corrected chi connectivity index (χ0v) is 53.1. The number of amides is 5. The molecule has 10 rings (SSSR count). The van der Waals surface area contributed by atoms with Gasteiger partial charge in [-0.05, 0) is 49.8 Å². The van der Waals surface area contributed by atoms with Crippen LogP contribution in [0.4, 0.5) is 10.6 Å². The second-order valence-electron chi connectivity index (χ2n) is 21.1. The van der Waals surface area contributed by atoms with Crippen LogP contribution in [0.5, 0.6) is 0 Å². The van der Waals surface area contributed by atoms with Gasteiger partial charge in [-0.2, -0.15) is 0 Å². The Balaban J connectivity index is 1.04. The molecular formula is C58H58N12O13S6. The van der Waals surface area contributed by atoms with E-state index in [-0.39, 0.29) is 86.3 Å². The number of aryl methyl sites for hydroxylation is 1. The predicted molar refractivity (Wildman–Crippen MR) is 333 cm³/mol. The number of carboxylic acid groups (broad SMARTS) is 2. The first kappa shape index (κ1) is 63.8. The summed E-state index contributed by atoms with van der Waals surface area (Å²) in [5.74, 6) is -5.91. The average molecular weight is 1320 g/mol. The number of fused-ring (bicyclic) bond motifs is 14. The standard InChI is InChI=1S/C58H58N12O13S6/c1-26(2)32-18-38(71)44-27(3)88-55(68-44)34(19-41(72)59-4)62-49(77)36-23-84-51(64-36)31-13-14-33(53-66-40(25-87-53)70(15-9-12-43(74)75)58(81)83-30-16-29(17-30)57(79)80)61-45(31)35-22-85-54(63-35)37-24-86-56(65-37)47(48(76)28-10-7-6-8-11-28)67-42(73)20-60-50(78)46-39(21-82-5)89-52(32)69-46/h6-8,10-11,13-14,22-26,29-30,32,34,47-48,76H,9,12,15-21H2,1-5H3,(H,59,72)(H,60,78)(H,62,77)(H,67,73)(H,74,75)(H,79,80)/t29?,30?,32?,34-,47-,48-/m0/s1. The lowest BCUT2D eigenvalue weighted by Gasteiger charge is -2.33. The summed E-state index contributed by atoms with van der Waals surface area (Å²) in [5, 5.41) is 50.7. The molecule has 8 aromatic rings. The number of nitrogens with one attached hydrogen (secondary N) is 4. The Morgan fingerprint density at radius 1 is 0.753 bits per heavy atom. The number of aromatic nitrogens is 7. The number of Topliss-reactive ketones (excluding diaryl/α,β-unsaturated/α-hetero) is 1. The zero-order chi connectivity index (χ0) is 63.2. The van der Waals surface area contributed by atoms with Crippen LogP contribution in [0.1, 0.15) is 138 Å². The molecule has 25 nitrogen and oxygen atoms in total. The molecule has 1 aromatic carbocycles. The summed E-state index contributed by atoms with van der Waals surface area (Å²) in [4.78, 5) is 143. The fraction of sp³-hybridized carbons (Fsp3) is 0.362. The Morgan fingerprint density at radius 3 is 2.19 bits per heavy atom. The van der Waals surface area contributed by atoms with Crippen LogP contribution in [0.3, 0.4) is 0 Å². The van der Waals surface area contributed by atoms with E-state index in [0.29, 0.717) is 73.7 Å². The van der Waals surface area contributed by atoms with Gasteiger partial charge in [0.15, 0.2) is 5.78 Å². The summed E-state index contributed by atoms with van der Waals surface area (Å²) in [6.07, 6.45) is -2.97. The van der Waals surface area contributed by atoms with E-state index in [4.69, 9.17) is 44.4 Å². The van der Waals surface area contributed by atoms with E-state index in [0.717, 1.165) is 45.3 Å². The molecule has 2 aliphatic rings. The number of anilines is 1. The number of thiazole rings is 6. The number of aliphatic hydroxyl groups is 1. The molecule has 1 aliphatic heterocycles. The lowest BCUT2D eigenvalue weighted by Crippen LogP contribution is -2.42. The summed E-state index contributed by atoms with van der Waals surface area (Å²) in [6, 6.07) is 10.00. The normalized spacial score (nSPS) is 18.4. The third kappa shape index (κ3) is 14.8. The van der Waals surface area contributed by atoms with Crippen LogP contribution in [-0.2, 0) is 35.3 Å². The number of aliphatic hydroxyl groups excluding tert-OH is 1. The van der Waals surface area contributed by atoms with Crippen LogP contribution in [-0.4, -0.2) is 131 Å². The number of hydrogen-bond acceptors (Lipinski definition) is 24. The van der Waals surface area contributed by atoms with E-state index < -0.39 is 84.3 Å². The molecule has 8 heterocycles. The lowest BCUT2D eigenvalue weighted by molar-refractivity contribution is -0.148. The van der Waals surface area contributed by atoms with Gasteiger partial charge in [-0.25, -0.2) is 39.7 Å². The van der Waals surface area contributed by atoms with Gasteiger partial charge in [-0.1, -0.05) is 44.2 Å². The van der Waals surface area contributed by atoms with Crippen LogP contribution < -0.4 is 26.2 Å². The highest BCUT2D eigenvalue weighted by atomic mass is 32.1. The summed E-state index contributed by atoms with van der Waals surface area (Å²) in [5.41, 5.74) is 2.44. The van der Waals surface area contributed by atoms with E-state index in [1.807, 2.05) is 13.8 Å². The minimum atomic E-state index is -1.30. The van der Waals surface area contributed by atoms with Crippen molar-refractivity contribution in [3.05, 3.63) is 111 Å². The monoisotopic (exact) mass is 1320 g/mol. The van der Waals surface area contributed by atoms with Gasteiger partial charge in [0, 0.05) is 71.4 Å². The molecule has 10 bridgehead atoms. The molecule has 1 aliphatic carbocycles. The fourth-order valence-corrected chi connectivity index (χ4v) is 15.3. The highest BCUT2D eigenvalue weighted by molar-refractivity contribution is 7.15. The molecule has 7 N–H and O–H groups in total. The molecule has 4 atom stereocenters. The van der Waals surface area contributed by atoms with Gasteiger partial charge in [-0.3, -0.25) is 38.5 Å². The molecule has 89 heavy (non-hydrogen) atoms. The van der Waals surface area contributed by atoms with Crippen molar-refractivity contribution in [1.82, 2.24) is 56.2 Å². The molecule has 0 spiro atoms. The highest BCUT2D eigenvalue weighted by Gasteiger charge is 2.39. The van der Waals surface area contributed by atoms with E-state index in [1.165, 1.54) is 41.7 Å². The number of carbonyl (C=O) groups excluding carboxylic acids is 6. The molecule has 0 saturated heterocycles. The zero-order valence-electron chi connectivity index (χ0n) is 48.2. The maximum absolute atomic E-state index is 14.4. The smallest absolute Gasteiger partial charge is 0.415 e. The number of benzene rings is 1. The van der Waals surface area contributed by atoms with Crippen LogP contribution in [0, 0.1) is 18.8 Å². The molecule has 7 aromatic heterocycles. The number of rotatable bonds is 15. The molecule has 464 valence electrons. The van der Waals surface area contributed by atoms with Crippen molar-refractivity contribution in [1.29, 1.82) is 0 Å². The summed E-state index contributed by atoms with van der Waals surface area (Å²) in [6.45, 7) is 5.01. The number of ketones is 1. The largest absolute Gasteiger partial charge is 0.481 e. The third-order valence-corrected chi connectivity index (χ3v) is 20.3. The van der Waals surface area contributed by atoms with E-state index >= 15 is 0 Å². The van der Waals surface area contributed by atoms with Crippen molar-refractivity contribution in [2.45, 2.75) is 96.1 Å². The third-order valence-electron chi connectivity index (χ3n) is 14.6. The SMILES string of the molecule is CNC(=O)C[C@@H]1NC(=O)c2csc(n2)-c2ccc(-c3nc(N(CCCC(=O)O)C(=O)OC4CC(C(=O)O)C4)cs3)nc2-c2csc(n2)-c2csc(n2)[C@H]([C@@H](O)c2ccccc2)NC(=O)CNC(=O)c2nc(sc2COC)C(C(C)C)CC(=O)c2nc1sc2C. The van der Waals surface area contributed by atoms with Gasteiger partial charge in [-0.15, -0.1) is 68.0 Å². The topological polar surface area (TPSA) is 357 Å². The molecule has 1 saturated carbocycles. The Labute approximate surface area is 532 Å². The molecule has 0 radical (unpaired) electrons. The molecule has 31 heteroatoms. The first-order chi connectivity index (χ1) is 42.7. The summed E-state index contributed by atoms with van der Waals surface area (Å²) >= 11 is 7.04. The van der Waals surface area contributed by atoms with Crippen molar-refractivity contribution >= 4 is 121 Å². The summed E-state index contributed by atoms with van der Waals surface area (Å²) < 4.78 is 11.1. The first-order valence-corrected chi connectivity index (χ1v) is 33.0. The number of carbonyl (C=O) groups is 8. The number of ether oxygens (including phenoxy) is 2. The molecule has 1 unspecified atom stereocenters. The Morgan fingerprint density at radius 2 is 1.46 bits per heavy atom. The molecule has 5 amide bonds. The minimum Gasteiger partial charge on any atom is -0.481 e. The fourth-order valence-electron chi connectivity index (χ4n) is 9.71. The number of hydrogen-bond donors (Lipinski definition) is 7. The van der Waals surface area contributed by atoms with Gasteiger partial charge in [0.1, 0.15) is 83.3 Å². The van der Waals surface area contributed by atoms with Crippen LogP contribution >= 0.6 is 68.0 Å². The maximum atomic E-state index is 14.4. The number of pyridine rings is 1. The predicted octanol–water partition coefficient (Wildman–Crippen LogP) is 8.87. The average Bonchev–Trinajstić information content (AvgIpc) is 2.74. The van der Waals surface area contributed by atoms with Crippen LogP contribution in [0.15, 0.2) is 64.0 Å². The number of nitrogens with zero attached hydrogens (tertiary/aromatic N) is 8. The summed E-state index contributed by atoms with van der Waals surface area (Å²) in [7, 11) is 2.94. The van der Waals surface area contributed by atoms with Gasteiger partial charge in [0.25, 0.3) is 11.8 Å². The quantitative estimate of drug-likeness (QED) is 0.0503. The van der Waals surface area contributed by atoms with Gasteiger partial charge >= 0.3 is 18.0 Å². The number of aliphatic carboxylic acids is 2. The molecular weight excluding hydrogens is 1270 g/mol. The van der Waals surface area contributed by atoms with Crippen LogP contribution in [0.25, 0.3) is 43.4 Å². The Kier molecular flexibility index (Phi) is 20.2. The van der Waals surface area contributed by atoms with Crippen molar-refractivity contribution in [3.63, 3.8) is 0 Å². The van der Waals surface area contributed by atoms with Crippen molar-refractivity contribution in [3.8, 4) is 43.4 Å². The van der Waals surface area contributed by atoms with Crippen molar-refractivity contribution in [2.24, 2.45) is 11.8 Å². The van der Waals surface area contributed by atoms with Crippen molar-refractivity contribution in [2.75, 3.05) is 32.1 Å². The van der Waals surface area contributed by atoms with Gasteiger partial charge < -0.3 is 46.1 Å². The molecule has 1 fully saturated rings.